The van der Waals surface area contributed by atoms with Crippen molar-refractivity contribution in [3.63, 3.8) is 0 Å². The van der Waals surface area contributed by atoms with Crippen molar-refractivity contribution >= 4 is 23.5 Å². The maximum Gasteiger partial charge on any atom is 0.338 e. The van der Waals surface area contributed by atoms with Crippen molar-refractivity contribution in [2.45, 2.75) is 6.92 Å². The fourth-order valence-electron chi connectivity index (χ4n) is 1.61. The first-order valence-electron chi connectivity index (χ1n) is 5.31. The van der Waals surface area contributed by atoms with Crippen LogP contribution in [0.4, 0.5) is 11.6 Å². The molecule has 98 valence electrons. The Morgan fingerprint density at radius 3 is 2.74 bits per heavy atom. The van der Waals surface area contributed by atoms with E-state index in [0.717, 1.165) is 0 Å². The van der Waals surface area contributed by atoms with Gasteiger partial charge in [-0.25, -0.2) is 4.79 Å². The second kappa shape index (κ2) is 4.77. The Morgan fingerprint density at radius 1 is 1.42 bits per heavy atom. The van der Waals surface area contributed by atoms with Crippen LogP contribution in [0.15, 0.2) is 18.2 Å². The van der Waals surface area contributed by atoms with Crippen molar-refractivity contribution in [1.82, 2.24) is 15.2 Å². The van der Waals surface area contributed by atoms with Crippen molar-refractivity contribution in [2.24, 2.45) is 0 Å². The van der Waals surface area contributed by atoms with Gasteiger partial charge in [-0.2, -0.15) is 4.98 Å². The maximum absolute atomic E-state index is 11.8. The first-order valence-corrected chi connectivity index (χ1v) is 5.31. The Kier molecular flexibility index (Phi) is 3.15. The van der Waals surface area contributed by atoms with E-state index in [4.69, 9.17) is 10.8 Å². The number of aromatic nitrogens is 3. The van der Waals surface area contributed by atoms with E-state index in [2.05, 4.69) is 20.5 Å². The van der Waals surface area contributed by atoms with Crippen LogP contribution in [0.5, 0.6) is 0 Å². The van der Waals surface area contributed by atoms with Gasteiger partial charge in [0.05, 0.1) is 11.3 Å². The van der Waals surface area contributed by atoms with Gasteiger partial charge in [-0.1, -0.05) is 12.1 Å². The molecule has 1 heterocycles. The van der Waals surface area contributed by atoms with Crippen molar-refractivity contribution in [3.8, 4) is 0 Å². The molecule has 8 heteroatoms. The number of rotatable bonds is 3. The molecular weight excluding hydrogens is 250 g/mol. The summed E-state index contributed by atoms with van der Waals surface area (Å²) in [5, 5.41) is 17.4. The van der Waals surface area contributed by atoms with Crippen LogP contribution in [0.2, 0.25) is 0 Å². The molecule has 8 nitrogen and oxygen atoms in total. The number of benzene rings is 1. The van der Waals surface area contributed by atoms with Gasteiger partial charge in [-0.05, 0) is 18.6 Å². The summed E-state index contributed by atoms with van der Waals surface area (Å²) in [6.45, 7) is 1.64. The molecule has 0 saturated carbocycles. The van der Waals surface area contributed by atoms with Gasteiger partial charge in [0.1, 0.15) is 0 Å². The molecule has 0 unspecified atom stereocenters. The number of carboxylic acid groups (broad SMARTS) is 1. The molecule has 0 spiro atoms. The Labute approximate surface area is 107 Å². The van der Waals surface area contributed by atoms with Crippen LogP contribution in [-0.2, 0) is 0 Å². The minimum Gasteiger partial charge on any atom is -0.478 e. The Morgan fingerprint density at radius 2 is 2.16 bits per heavy atom. The number of nitrogens with two attached hydrogens (primary N) is 1. The molecule has 1 aromatic heterocycles. The van der Waals surface area contributed by atoms with Crippen molar-refractivity contribution < 1.29 is 14.7 Å². The first kappa shape index (κ1) is 12.6. The Balaban J connectivity index is 2.31. The van der Waals surface area contributed by atoms with Crippen LogP contribution in [0.25, 0.3) is 0 Å². The molecule has 1 aromatic carbocycles. The molecule has 0 aliphatic carbocycles. The van der Waals surface area contributed by atoms with Crippen LogP contribution < -0.4 is 11.1 Å². The molecule has 19 heavy (non-hydrogen) atoms. The zero-order chi connectivity index (χ0) is 14.0. The number of H-pyrrole nitrogens is 1. The number of amides is 1. The number of nitrogens with zero attached hydrogens (tertiary/aromatic N) is 2. The highest BCUT2D eigenvalue weighted by Gasteiger charge is 2.17. The van der Waals surface area contributed by atoms with E-state index in [1.54, 1.807) is 19.1 Å². The van der Waals surface area contributed by atoms with Gasteiger partial charge in [-0.3, -0.25) is 9.89 Å². The average Bonchev–Trinajstić information content (AvgIpc) is 2.75. The summed E-state index contributed by atoms with van der Waals surface area (Å²) < 4.78 is 0. The molecule has 0 aliphatic heterocycles. The smallest absolute Gasteiger partial charge is 0.338 e. The molecule has 0 aliphatic rings. The Hall–Kier alpha value is -2.90. The van der Waals surface area contributed by atoms with Crippen molar-refractivity contribution in [3.05, 3.63) is 35.2 Å². The van der Waals surface area contributed by atoms with Crippen LogP contribution in [-0.4, -0.2) is 32.2 Å². The zero-order valence-electron chi connectivity index (χ0n) is 9.97. The summed E-state index contributed by atoms with van der Waals surface area (Å²) in [5.41, 5.74) is 6.05. The van der Waals surface area contributed by atoms with Crippen LogP contribution >= 0.6 is 0 Å². The average molecular weight is 261 g/mol. The van der Waals surface area contributed by atoms with Gasteiger partial charge in [0, 0.05) is 0 Å². The molecule has 2 aromatic rings. The number of carbonyl (C=O) groups is 2. The summed E-state index contributed by atoms with van der Waals surface area (Å²) in [6.07, 6.45) is 0. The molecular formula is C11H11N5O3. The summed E-state index contributed by atoms with van der Waals surface area (Å²) >= 11 is 0. The number of aryl methyl sites for hydroxylation is 1. The lowest BCUT2D eigenvalue weighted by atomic mass is 10.1. The monoisotopic (exact) mass is 261 g/mol. The molecule has 2 rings (SSSR count). The molecule has 0 radical (unpaired) electrons. The molecule has 0 bridgehead atoms. The third-order valence-corrected chi connectivity index (χ3v) is 2.45. The number of carbonyl (C=O) groups excluding carboxylic acids is 1. The third-order valence-electron chi connectivity index (χ3n) is 2.45. The molecule has 0 atom stereocenters. The standard InChI is InChI=1S/C11H11N5O3/c1-5-3-2-4-6(7(5)10(18)19)13-9(17)8-14-11(12)16-15-8/h2-4H,1H3,(H,13,17)(H,18,19)(H3,12,14,15,16). The largest absolute Gasteiger partial charge is 0.478 e. The number of aromatic amines is 1. The fraction of sp³-hybridized carbons (Fsp3) is 0.0909. The van der Waals surface area contributed by atoms with E-state index in [0.29, 0.717) is 5.56 Å². The number of nitrogens with one attached hydrogen (secondary N) is 2. The second-order valence-electron chi connectivity index (χ2n) is 3.80. The number of nitrogen functional groups attached to an aromatic ring is 1. The van der Waals surface area contributed by atoms with Gasteiger partial charge in [0.2, 0.25) is 11.8 Å². The highest BCUT2D eigenvalue weighted by molar-refractivity contribution is 6.06. The van der Waals surface area contributed by atoms with E-state index >= 15 is 0 Å². The number of hydrogen-bond acceptors (Lipinski definition) is 5. The summed E-state index contributed by atoms with van der Waals surface area (Å²) in [7, 11) is 0. The van der Waals surface area contributed by atoms with Crippen LogP contribution in [0, 0.1) is 6.92 Å². The normalized spacial score (nSPS) is 10.2. The lowest BCUT2D eigenvalue weighted by Gasteiger charge is -2.09. The molecule has 1 amide bonds. The van der Waals surface area contributed by atoms with Gasteiger partial charge in [-0.15, -0.1) is 5.10 Å². The van der Waals surface area contributed by atoms with Gasteiger partial charge in [0.25, 0.3) is 5.91 Å². The highest BCUT2D eigenvalue weighted by atomic mass is 16.4. The summed E-state index contributed by atoms with van der Waals surface area (Å²) in [6, 6.07) is 4.78. The predicted octanol–water partition coefficient (Wildman–Crippen LogP) is 0.646. The lowest BCUT2D eigenvalue weighted by molar-refractivity contribution is 0.0697. The minimum absolute atomic E-state index is 0.0309. The molecule has 0 saturated heterocycles. The van der Waals surface area contributed by atoms with Crippen LogP contribution in [0.3, 0.4) is 0 Å². The number of carboxylic acids is 1. The zero-order valence-corrected chi connectivity index (χ0v) is 9.97. The molecule has 5 N–H and O–H groups in total. The predicted molar refractivity (Wildman–Crippen MR) is 66.9 cm³/mol. The third kappa shape index (κ3) is 2.51. The fourth-order valence-corrected chi connectivity index (χ4v) is 1.61. The Bertz CT molecular complexity index is 650. The summed E-state index contributed by atoms with van der Waals surface area (Å²) in [4.78, 5) is 26.6. The SMILES string of the molecule is Cc1cccc(NC(=O)c2nc(N)n[nH]2)c1C(=O)O. The second-order valence-corrected chi connectivity index (χ2v) is 3.80. The number of anilines is 2. The minimum atomic E-state index is -1.12. The number of aromatic carboxylic acids is 1. The maximum atomic E-state index is 11.8. The van der Waals surface area contributed by atoms with Crippen molar-refractivity contribution in [2.75, 3.05) is 11.1 Å². The quantitative estimate of drug-likeness (QED) is 0.640. The van der Waals surface area contributed by atoms with E-state index in [1.807, 2.05) is 0 Å². The van der Waals surface area contributed by atoms with Crippen LogP contribution in [0.1, 0.15) is 26.5 Å². The first-order chi connectivity index (χ1) is 8.99. The van der Waals surface area contributed by atoms with E-state index in [9.17, 15) is 9.59 Å². The summed E-state index contributed by atoms with van der Waals surface area (Å²) in [5.74, 6) is -1.88. The van der Waals surface area contributed by atoms with Crippen molar-refractivity contribution in [1.29, 1.82) is 0 Å². The van der Waals surface area contributed by atoms with E-state index in [1.165, 1.54) is 6.07 Å². The number of hydrogen-bond donors (Lipinski definition) is 4. The lowest BCUT2D eigenvalue weighted by Crippen LogP contribution is -2.17. The van der Waals surface area contributed by atoms with Gasteiger partial charge < -0.3 is 16.2 Å². The highest BCUT2D eigenvalue weighted by Crippen LogP contribution is 2.19. The van der Waals surface area contributed by atoms with Gasteiger partial charge >= 0.3 is 5.97 Å². The topological polar surface area (TPSA) is 134 Å². The van der Waals surface area contributed by atoms with E-state index < -0.39 is 11.9 Å². The molecule has 0 fully saturated rings. The van der Waals surface area contributed by atoms with E-state index in [-0.39, 0.29) is 23.0 Å². The van der Waals surface area contributed by atoms with Gasteiger partial charge in [0.15, 0.2) is 0 Å².